The average Bonchev–Trinajstić information content (AvgIpc) is 2.27. The topological polar surface area (TPSA) is 75.6 Å². The Morgan fingerprint density at radius 3 is 2.45 bits per heavy atom. The molecule has 1 amide bonds. The molecule has 1 rings (SSSR count). The minimum absolute atomic E-state index is 0.0604. The van der Waals surface area contributed by atoms with Crippen LogP contribution in [-0.2, 0) is 9.53 Å². The number of carboxylic acids is 1. The number of hydrogen-bond donors (Lipinski definition) is 2. The van der Waals surface area contributed by atoms with Crippen LogP contribution in [0.4, 0.5) is 9.18 Å². The summed E-state index contributed by atoms with van der Waals surface area (Å²) in [4.78, 5) is 22.8. The number of rotatable bonds is 3. The molecule has 0 radical (unpaired) electrons. The highest BCUT2D eigenvalue weighted by Crippen LogP contribution is 2.21. The maximum absolute atomic E-state index is 13.3. The smallest absolute Gasteiger partial charge is 0.408 e. The van der Waals surface area contributed by atoms with E-state index in [4.69, 9.17) is 21.4 Å². The molecule has 20 heavy (non-hydrogen) atoms. The molecule has 0 bridgehead atoms. The summed E-state index contributed by atoms with van der Waals surface area (Å²) < 4.78 is 18.3. The second-order valence-corrected chi connectivity index (χ2v) is 5.50. The van der Waals surface area contributed by atoms with Crippen LogP contribution in [0.1, 0.15) is 32.4 Å². The molecule has 0 aromatic heterocycles. The summed E-state index contributed by atoms with van der Waals surface area (Å²) in [5, 5.41) is 11.1. The fourth-order valence-corrected chi connectivity index (χ4v) is 1.52. The van der Waals surface area contributed by atoms with Crippen molar-refractivity contribution in [1.29, 1.82) is 0 Å². The normalized spacial score (nSPS) is 12.7. The van der Waals surface area contributed by atoms with Crippen LogP contribution >= 0.6 is 11.6 Å². The Balaban J connectivity index is 2.92. The molecule has 0 spiro atoms. The number of carboxylic acid groups (broad SMARTS) is 1. The average molecular weight is 304 g/mol. The van der Waals surface area contributed by atoms with Gasteiger partial charge in [0.15, 0.2) is 6.04 Å². The largest absolute Gasteiger partial charge is 0.479 e. The highest BCUT2D eigenvalue weighted by atomic mass is 35.5. The first kappa shape index (κ1) is 16.2. The van der Waals surface area contributed by atoms with E-state index in [9.17, 15) is 14.0 Å². The third kappa shape index (κ3) is 4.70. The third-order valence-electron chi connectivity index (χ3n) is 2.19. The number of hydrogen-bond acceptors (Lipinski definition) is 3. The lowest BCUT2D eigenvalue weighted by Gasteiger charge is -2.22. The van der Waals surface area contributed by atoms with Gasteiger partial charge in [0.2, 0.25) is 0 Å². The van der Waals surface area contributed by atoms with E-state index < -0.39 is 29.5 Å². The number of carbonyl (C=O) groups excluding carboxylic acids is 1. The quantitative estimate of drug-likeness (QED) is 0.899. The van der Waals surface area contributed by atoms with Crippen LogP contribution < -0.4 is 5.32 Å². The van der Waals surface area contributed by atoms with Crippen molar-refractivity contribution in [2.45, 2.75) is 32.4 Å². The summed E-state index contributed by atoms with van der Waals surface area (Å²) in [5.41, 5.74) is -0.705. The molecule has 0 saturated heterocycles. The van der Waals surface area contributed by atoms with E-state index in [0.29, 0.717) is 0 Å². The van der Waals surface area contributed by atoms with Crippen LogP contribution in [0.15, 0.2) is 18.2 Å². The van der Waals surface area contributed by atoms with Gasteiger partial charge < -0.3 is 15.2 Å². The van der Waals surface area contributed by atoms with Crippen molar-refractivity contribution in [2.24, 2.45) is 0 Å². The van der Waals surface area contributed by atoms with Crippen LogP contribution in [-0.4, -0.2) is 22.8 Å². The first-order chi connectivity index (χ1) is 9.10. The van der Waals surface area contributed by atoms with Crippen LogP contribution in [0.2, 0.25) is 5.02 Å². The fourth-order valence-electron chi connectivity index (χ4n) is 1.40. The van der Waals surface area contributed by atoms with Gasteiger partial charge in [0.25, 0.3) is 0 Å². The highest BCUT2D eigenvalue weighted by Gasteiger charge is 2.26. The van der Waals surface area contributed by atoms with E-state index >= 15 is 0 Å². The molecule has 110 valence electrons. The van der Waals surface area contributed by atoms with E-state index in [1.807, 2.05) is 0 Å². The zero-order chi connectivity index (χ0) is 15.5. The van der Waals surface area contributed by atoms with E-state index in [1.54, 1.807) is 20.8 Å². The predicted octanol–water partition coefficient (Wildman–Crippen LogP) is 3.13. The Bertz CT molecular complexity index is 528. The van der Waals surface area contributed by atoms with Crippen molar-refractivity contribution < 1.29 is 23.8 Å². The predicted molar refractivity (Wildman–Crippen MR) is 71.2 cm³/mol. The standard InChI is InChI=1S/C13H15ClFNO4/c1-13(2,3)20-12(19)16-10(11(17)18)7-4-5-8(14)9(15)6-7/h4-6,10H,1-3H3,(H,16,19)(H,17,18)/t10-/m0/s1. The molecule has 1 atom stereocenters. The number of amides is 1. The summed E-state index contributed by atoms with van der Waals surface area (Å²) in [6.07, 6.45) is -0.903. The van der Waals surface area contributed by atoms with Crippen molar-refractivity contribution in [1.82, 2.24) is 5.32 Å². The monoisotopic (exact) mass is 303 g/mol. The fraction of sp³-hybridized carbons (Fsp3) is 0.385. The molecule has 0 aliphatic heterocycles. The molecule has 0 saturated carbocycles. The molecule has 0 unspecified atom stereocenters. The molecule has 0 aliphatic rings. The van der Waals surface area contributed by atoms with Crippen LogP contribution in [0.3, 0.4) is 0 Å². The molecule has 1 aromatic rings. The van der Waals surface area contributed by atoms with Gasteiger partial charge in [0.1, 0.15) is 11.4 Å². The molecular weight excluding hydrogens is 289 g/mol. The molecule has 0 heterocycles. The number of alkyl carbamates (subject to hydrolysis) is 1. The van der Waals surface area contributed by atoms with Crippen molar-refractivity contribution in [3.05, 3.63) is 34.6 Å². The van der Waals surface area contributed by atoms with Gasteiger partial charge in [0, 0.05) is 0 Å². The van der Waals surface area contributed by atoms with Crippen molar-refractivity contribution in [2.75, 3.05) is 0 Å². The van der Waals surface area contributed by atoms with E-state index in [2.05, 4.69) is 5.32 Å². The van der Waals surface area contributed by atoms with Gasteiger partial charge in [-0.2, -0.15) is 0 Å². The molecular formula is C13H15ClFNO4. The zero-order valence-corrected chi connectivity index (χ0v) is 12.0. The van der Waals surface area contributed by atoms with Gasteiger partial charge >= 0.3 is 12.1 Å². The molecule has 2 N–H and O–H groups in total. The number of nitrogens with one attached hydrogen (secondary N) is 1. The number of carbonyl (C=O) groups is 2. The Hall–Kier alpha value is -1.82. The summed E-state index contributed by atoms with van der Waals surface area (Å²) in [5.74, 6) is -2.10. The number of halogens is 2. The van der Waals surface area contributed by atoms with Crippen molar-refractivity contribution in [3.63, 3.8) is 0 Å². The highest BCUT2D eigenvalue weighted by molar-refractivity contribution is 6.30. The number of aliphatic carboxylic acids is 1. The Morgan fingerprint density at radius 1 is 1.40 bits per heavy atom. The lowest BCUT2D eigenvalue weighted by atomic mass is 10.1. The van der Waals surface area contributed by atoms with Gasteiger partial charge in [-0.15, -0.1) is 0 Å². The second kappa shape index (κ2) is 6.09. The summed E-state index contributed by atoms with van der Waals surface area (Å²) in [7, 11) is 0. The lowest BCUT2D eigenvalue weighted by Crippen LogP contribution is -2.38. The lowest BCUT2D eigenvalue weighted by molar-refractivity contribution is -0.139. The van der Waals surface area contributed by atoms with Crippen LogP contribution in [0.5, 0.6) is 0 Å². The molecule has 5 nitrogen and oxygen atoms in total. The van der Waals surface area contributed by atoms with E-state index in [1.165, 1.54) is 12.1 Å². The number of benzene rings is 1. The molecule has 7 heteroatoms. The van der Waals surface area contributed by atoms with Crippen molar-refractivity contribution >= 4 is 23.7 Å². The van der Waals surface area contributed by atoms with E-state index in [-0.39, 0.29) is 10.6 Å². The van der Waals surface area contributed by atoms with Gasteiger partial charge in [-0.05, 0) is 38.5 Å². The number of ether oxygens (including phenoxy) is 1. The summed E-state index contributed by atoms with van der Waals surface area (Å²) >= 11 is 5.52. The van der Waals surface area contributed by atoms with Crippen molar-refractivity contribution in [3.8, 4) is 0 Å². The molecule has 0 aliphatic carbocycles. The summed E-state index contributed by atoms with van der Waals surface area (Å²) in [6, 6.07) is 2.08. The van der Waals surface area contributed by atoms with Gasteiger partial charge in [-0.3, -0.25) is 0 Å². The van der Waals surface area contributed by atoms with Crippen LogP contribution in [0.25, 0.3) is 0 Å². The van der Waals surface area contributed by atoms with Gasteiger partial charge in [-0.1, -0.05) is 17.7 Å². The van der Waals surface area contributed by atoms with Gasteiger partial charge in [-0.25, -0.2) is 14.0 Å². The maximum Gasteiger partial charge on any atom is 0.408 e. The molecule has 1 aromatic carbocycles. The SMILES string of the molecule is CC(C)(C)OC(=O)N[C@H](C(=O)O)c1ccc(Cl)c(F)c1. The third-order valence-corrected chi connectivity index (χ3v) is 2.49. The second-order valence-electron chi connectivity index (χ2n) is 5.09. The minimum Gasteiger partial charge on any atom is -0.479 e. The molecule has 0 fully saturated rings. The Labute approximate surface area is 120 Å². The maximum atomic E-state index is 13.3. The summed E-state index contributed by atoms with van der Waals surface area (Å²) in [6.45, 7) is 4.93. The van der Waals surface area contributed by atoms with Gasteiger partial charge in [0.05, 0.1) is 5.02 Å². The first-order valence-electron chi connectivity index (χ1n) is 5.77. The van der Waals surface area contributed by atoms with Crippen LogP contribution in [0, 0.1) is 5.82 Å². The zero-order valence-electron chi connectivity index (χ0n) is 11.2. The first-order valence-corrected chi connectivity index (χ1v) is 6.15. The van der Waals surface area contributed by atoms with E-state index in [0.717, 1.165) is 6.07 Å². The minimum atomic E-state index is -1.42. The Kier molecular flexibility index (Phi) is 4.94. The Morgan fingerprint density at radius 2 is 2.00 bits per heavy atom.